The summed E-state index contributed by atoms with van der Waals surface area (Å²) in [4.78, 5) is 12.3. The van der Waals surface area contributed by atoms with E-state index in [1.165, 1.54) is 9.13 Å². The summed E-state index contributed by atoms with van der Waals surface area (Å²) in [6.07, 6.45) is 0. The number of nitrogens with zero attached hydrogens (tertiary/aromatic N) is 2. The van der Waals surface area contributed by atoms with Crippen molar-refractivity contribution >= 4 is 22.4 Å². The molecule has 0 saturated carbocycles. The first-order chi connectivity index (χ1) is 9.08. The largest absolute Gasteiger partial charge is 0.493 e. The molecule has 1 unspecified atom stereocenters. The first kappa shape index (κ1) is 12.5. The van der Waals surface area contributed by atoms with Gasteiger partial charge in [0.05, 0.1) is 17.1 Å². The fraction of sp³-hybridized carbons (Fsp3) is 0.250. The fourth-order valence-electron chi connectivity index (χ4n) is 2.19. The lowest BCUT2D eigenvalue weighted by Crippen LogP contribution is -2.29. The van der Waals surface area contributed by atoms with E-state index in [9.17, 15) is 14.1 Å². The summed E-state index contributed by atoms with van der Waals surface area (Å²) >= 11 is 5.80. The molecule has 2 aromatic rings. The second-order valence-electron chi connectivity index (χ2n) is 4.30. The van der Waals surface area contributed by atoms with Crippen molar-refractivity contribution in [2.45, 2.75) is 12.3 Å². The Hall–Kier alpha value is -1.53. The number of fused-ring (bicyclic) bond motifs is 1. The molecule has 1 aromatic carbocycles. The van der Waals surface area contributed by atoms with Crippen LogP contribution in [0.4, 0.5) is 0 Å². The molecule has 100 valence electrons. The van der Waals surface area contributed by atoms with Crippen molar-refractivity contribution in [2.24, 2.45) is 0 Å². The van der Waals surface area contributed by atoms with E-state index in [2.05, 4.69) is 0 Å². The summed E-state index contributed by atoms with van der Waals surface area (Å²) in [6.45, 7) is 0.370. The summed E-state index contributed by atoms with van der Waals surface area (Å²) in [6, 6.07) is 6.62. The van der Waals surface area contributed by atoms with E-state index in [1.807, 2.05) is 0 Å². The fourth-order valence-corrected chi connectivity index (χ4v) is 3.44. The number of halogens is 1. The van der Waals surface area contributed by atoms with Crippen molar-refractivity contribution in [3.63, 3.8) is 0 Å². The summed E-state index contributed by atoms with van der Waals surface area (Å²) in [7, 11) is -1.02. The van der Waals surface area contributed by atoms with Gasteiger partial charge in [-0.1, -0.05) is 11.6 Å². The average Bonchev–Trinajstić information content (AvgIpc) is 2.63. The van der Waals surface area contributed by atoms with Crippen LogP contribution in [0, 0.1) is 0 Å². The van der Waals surface area contributed by atoms with Crippen LogP contribution < -0.4 is 5.69 Å². The summed E-state index contributed by atoms with van der Waals surface area (Å²) in [5, 5.41) is 10.7. The van der Waals surface area contributed by atoms with Crippen molar-refractivity contribution in [2.75, 3.05) is 5.75 Å². The molecule has 5 nitrogen and oxygen atoms in total. The average molecular weight is 299 g/mol. The molecule has 2 heterocycles. The Labute approximate surface area is 116 Å². The second-order valence-corrected chi connectivity index (χ2v) is 6.32. The van der Waals surface area contributed by atoms with Crippen LogP contribution in [0.5, 0.6) is 5.88 Å². The van der Waals surface area contributed by atoms with Crippen LogP contribution >= 0.6 is 11.6 Å². The molecule has 0 bridgehead atoms. The van der Waals surface area contributed by atoms with Gasteiger partial charge in [-0.3, -0.25) is 8.78 Å². The van der Waals surface area contributed by atoms with Gasteiger partial charge in [0.25, 0.3) is 0 Å². The monoisotopic (exact) mass is 298 g/mol. The van der Waals surface area contributed by atoms with Gasteiger partial charge in [-0.25, -0.2) is 9.36 Å². The molecule has 0 aliphatic carbocycles. The minimum Gasteiger partial charge on any atom is -0.493 e. The number of aromatic hydroxyl groups is 1. The van der Waals surface area contributed by atoms with Gasteiger partial charge in [-0.2, -0.15) is 0 Å². The zero-order valence-corrected chi connectivity index (χ0v) is 11.4. The van der Waals surface area contributed by atoms with E-state index in [0.29, 0.717) is 28.7 Å². The lowest BCUT2D eigenvalue weighted by atomic mass is 10.3. The highest BCUT2D eigenvalue weighted by Gasteiger charge is 2.25. The van der Waals surface area contributed by atoms with Gasteiger partial charge in [-0.05, 0) is 24.3 Å². The van der Waals surface area contributed by atoms with Crippen LogP contribution in [0.25, 0.3) is 5.69 Å². The van der Waals surface area contributed by atoms with Gasteiger partial charge in [0.1, 0.15) is 0 Å². The van der Waals surface area contributed by atoms with E-state index in [4.69, 9.17) is 11.6 Å². The summed E-state index contributed by atoms with van der Waals surface area (Å²) in [5.74, 6) is 0.513. The van der Waals surface area contributed by atoms with Gasteiger partial charge in [0.2, 0.25) is 5.88 Å². The number of aromatic nitrogens is 2. The number of imidazole rings is 1. The number of hydrogen-bond acceptors (Lipinski definition) is 3. The molecule has 1 atom stereocenters. The van der Waals surface area contributed by atoms with E-state index >= 15 is 0 Å². The first-order valence-electron chi connectivity index (χ1n) is 5.72. The molecule has 1 aliphatic rings. The number of hydrogen-bond donors (Lipinski definition) is 1. The molecule has 0 spiro atoms. The molecule has 1 N–H and O–H groups in total. The number of benzene rings is 1. The third-order valence-corrected chi connectivity index (χ3v) is 4.63. The minimum atomic E-state index is -1.02. The van der Waals surface area contributed by atoms with Crippen molar-refractivity contribution in [1.82, 2.24) is 9.13 Å². The molecule has 0 radical (unpaired) electrons. The second kappa shape index (κ2) is 4.54. The smallest absolute Gasteiger partial charge is 0.335 e. The van der Waals surface area contributed by atoms with E-state index in [-0.39, 0.29) is 17.3 Å². The third-order valence-electron chi connectivity index (χ3n) is 3.14. The van der Waals surface area contributed by atoms with Gasteiger partial charge in [-0.15, -0.1) is 0 Å². The predicted molar refractivity (Wildman–Crippen MR) is 73.4 cm³/mol. The highest BCUT2D eigenvalue weighted by Crippen LogP contribution is 2.24. The molecule has 19 heavy (non-hydrogen) atoms. The Morgan fingerprint density at radius 3 is 2.63 bits per heavy atom. The molecule has 0 amide bonds. The Balaban J connectivity index is 2.20. The van der Waals surface area contributed by atoms with Crippen molar-refractivity contribution < 1.29 is 9.32 Å². The molecule has 1 aliphatic heterocycles. The van der Waals surface area contributed by atoms with Crippen LogP contribution in [0.3, 0.4) is 0 Å². The van der Waals surface area contributed by atoms with Crippen molar-refractivity contribution in [3.05, 3.63) is 45.5 Å². The van der Waals surface area contributed by atoms with Gasteiger partial charge in [0.15, 0.2) is 0 Å². The molecule has 3 rings (SSSR count). The van der Waals surface area contributed by atoms with Crippen LogP contribution in [-0.4, -0.2) is 24.2 Å². The molecule has 0 fully saturated rings. The SMILES string of the molecule is O=c1n2c(c(O)n1-c1ccc(Cl)cc1)CS(=O)CC2. The third kappa shape index (κ3) is 2.01. The van der Waals surface area contributed by atoms with Crippen molar-refractivity contribution in [1.29, 1.82) is 0 Å². The molecular weight excluding hydrogens is 288 g/mol. The van der Waals surface area contributed by atoms with Crippen LogP contribution in [-0.2, 0) is 23.1 Å². The minimum absolute atomic E-state index is 0.139. The highest BCUT2D eigenvalue weighted by atomic mass is 35.5. The van der Waals surface area contributed by atoms with E-state index in [1.54, 1.807) is 24.3 Å². The van der Waals surface area contributed by atoms with Crippen molar-refractivity contribution in [3.8, 4) is 11.6 Å². The quantitative estimate of drug-likeness (QED) is 0.862. The Morgan fingerprint density at radius 1 is 1.26 bits per heavy atom. The highest BCUT2D eigenvalue weighted by molar-refractivity contribution is 7.84. The Kier molecular flexibility index (Phi) is 2.99. The molecule has 0 saturated heterocycles. The summed E-state index contributed by atoms with van der Waals surface area (Å²) in [5.41, 5.74) is 0.663. The lowest BCUT2D eigenvalue weighted by molar-refractivity contribution is 0.435. The Bertz CT molecular complexity index is 718. The predicted octanol–water partition coefficient (Wildman–Crippen LogP) is 1.26. The van der Waals surface area contributed by atoms with E-state index < -0.39 is 10.8 Å². The van der Waals surface area contributed by atoms with E-state index in [0.717, 1.165) is 0 Å². The van der Waals surface area contributed by atoms with Gasteiger partial charge < -0.3 is 5.11 Å². The topological polar surface area (TPSA) is 64.2 Å². The molecular formula is C12H11ClN2O3S. The van der Waals surface area contributed by atoms with Gasteiger partial charge >= 0.3 is 5.69 Å². The summed E-state index contributed by atoms with van der Waals surface area (Å²) < 4.78 is 14.2. The lowest BCUT2D eigenvalue weighted by Gasteiger charge is -2.12. The molecule has 1 aromatic heterocycles. The Morgan fingerprint density at radius 2 is 1.95 bits per heavy atom. The van der Waals surface area contributed by atoms with Gasteiger partial charge in [0, 0.05) is 28.1 Å². The van der Waals surface area contributed by atoms with Crippen LogP contribution in [0.15, 0.2) is 29.1 Å². The zero-order valence-electron chi connectivity index (χ0n) is 9.88. The number of rotatable bonds is 1. The zero-order chi connectivity index (χ0) is 13.6. The normalized spacial score (nSPS) is 18.3. The maximum atomic E-state index is 12.3. The standard InChI is InChI=1S/C12H11ClN2O3S/c13-8-1-3-9(4-2-8)15-11(16)10-7-19(18)6-5-14(10)12(15)17/h1-4,16H,5-7H2. The first-order valence-corrected chi connectivity index (χ1v) is 7.59. The maximum Gasteiger partial charge on any atom is 0.335 e. The van der Waals surface area contributed by atoms with Crippen LogP contribution in [0.1, 0.15) is 5.69 Å². The van der Waals surface area contributed by atoms with Crippen LogP contribution in [0.2, 0.25) is 5.02 Å². The maximum absolute atomic E-state index is 12.3. The molecule has 7 heteroatoms.